The molecule has 7 heteroatoms. The summed E-state index contributed by atoms with van der Waals surface area (Å²) in [5, 5.41) is 4.82. The Morgan fingerprint density at radius 3 is 2.39 bits per heavy atom. The maximum Gasteiger partial charge on any atom is 0.272 e. The molecule has 1 aliphatic heterocycles. The summed E-state index contributed by atoms with van der Waals surface area (Å²) >= 11 is 0. The SMILES string of the molecule is COc1cc(-c2c(-c3ccncc3)nn3c2C(=O)N(C)CC3)ccc1OCc1ccc(C(C)C)cc1. The molecule has 0 unspecified atom stereocenters. The molecule has 0 bridgehead atoms. The van der Waals surface area contributed by atoms with Crippen LogP contribution in [0.3, 0.4) is 0 Å². The van der Waals surface area contributed by atoms with Crippen LogP contribution in [0.15, 0.2) is 67.0 Å². The van der Waals surface area contributed by atoms with Crippen molar-refractivity contribution in [3.8, 4) is 33.9 Å². The molecule has 0 N–H and O–H groups in total. The largest absolute Gasteiger partial charge is 0.493 e. The standard InChI is InChI=1S/C29H30N4O3/c1-19(2)21-7-5-20(6-8-21)18-36-24-10-9-23(17-25(24)35-4)26-27(22-11-13-30-14-12-22)31-33-16-15-32(3)29(34)28(26)33/h5-14,17,19H,15-16,18H2,1-4H3. The van der Waals surface area contributed by atoms with Gasteiger partial charge in [0, 0.05) is 37.1 Å². The number of fused-ring (bicyclic) bond motifs is 1. The van der Waals surface area contributed by atoms with Gasteiger partial charge >= 0.3 is 0 Å². The molecule has 184 valence electrons. The van der Waals surface area contributed by atoms with Crippen LogP contribution in [0.2, 0.25) is 0 Å². The van der Waals surface area contributed by atoms with Crippen LogP contribution in [0.25, 0.3) is 22.4 Å². The molecule has 5 rings (SSSR count). The predicted molar refractivity (Wildman–Crippen MR) is 139 cm³/mol. The molecule has 0 saturated heterocycles. The molecule has 36 heavy (non-hydrogen) atoms. The maximum absolute atomic E-state index is 13.2. The van der Waals surface area contributed by atoms with Crippen LogP contribution < -0.4 is 9.47 Å². The highest BCUT2D eigenvalue weighted by atomic mass is 16.5. The summed E-state index contributed by atoms with van der Waals surface area (Å²) in [6.45, 7) is 6.06. The van der Waals surface area contributed by atoms with Crippen LogP contribution in [0.1, 0.15) is 41.4 Å². The number of benzene rings is 2. The molecule has 2 aromatic heterocycles. The first-order valence-electron chi connectivity index (χ1n) is 12.1. The van der Waals surface area contributed by atoms with Crippen molar-refractivity contribution in [2.75, 3.05) is 20.7 Å². The van der Waals surface area contributed by atoms with E-state index in [4.69, 9.17) is 14.6 Å². The van der Waals surface area contributed by atoms with E-state index in [0.717, 1.165) is 27.9 Å². The fourth-order valence-electron chi connectivity index (χ4n) is 4.46. The lowest BCUT2D eigenvalue weighted by atomic mass is 9.98. The van der Waals surface area contributed by atoms with Crippen molar-refractivity contribution in [3.05, 3.63) is 83.8 Å². The Balaban J connectivity index is 1.51. The molecule has 0 atom stereocenters. The lowest BCUT2D eigenvalue weighted by Crippen LogP contribution is -2.37. The highest BCUT2D eigenvalue weighted by Gasteiger charge is 2.31. The number of methoxy groups -OCH3 is 1. The molecular weight excluding hydrogens is 452 g/mol. The number of likely N-dealkylation sites (N-methyl/N-ethyl adjacent to an activating group) is 1. The van der Waals surface area contributed by atoms with E-state index in [-0.39, 0.29) is 5.91 Å². The average molecular weight is 483 g/mol. The molecule has 2 aromatic carbocycles. The summed E-state index contributed by atoms with van der Waals surface area (Å²) in [4.78, 5) is 19.1. The molecule has 0 fully saturated rings. The first-order chi connectivity index (χ1) is 17.5. The molecule has 4 aromatic rings. The van der Waals surface area contributed by atoms with Crippen LogP contribution in [-0.4, -0.2) is 46.3 Å². The van der Waals surface area contributed by atoms with Crippen molar-refractivity contribution in [1.82, 2.24) is 19.7 Å². The third-order valence-electron chi connectivity index (χ3n) is 6.60. The second-order valence-electron chi connectivity index (χ2n) is 9.31. The summed E-state index contributed by atoms with van der Waals surface area (Å²) < 4.78 is 13.6. The minimum absolute atomic E-state index is 0.0480. The molecule has 1 aliphatic rings. The van der Waals surface area contributed by atoms with E-state index < -0.39 is 0 Å². The Hall–Kier alpha value is -4.13. The van der Waals surface area contributed by atoms with Crippen molar-refractivity contribution in [2.24, 2.45) is 0 Å². The minimum atomic E-state index is -0.0480. The van der Waals surface area contributed by atoms with E-state index in [0.29, 0.717) is 42.8 Å². The highest BCUT2D eigenvalue weighted by molar-refractivity contribution is 6.03. The number of nitrogens with zero attached hydrogens (tertiary/aromatic N) is 4. The van der Waals surface area contributed by atoms with Gasteiger partial charge in [0.05, 0.1) is 13.7 Å². The van der Waals surface area contributed by atoms with Gasteiger partial charge in [-0.2, -0.15) is 5.10 Å². The number of carbonyl (C=O) groups excluding carboxylic acids is 1. The first kappa shape index (κ1) is 23.6. The summed E-state index contributed by atoms with van der Waals surface area (Å²) in [6.07, 6.45) is 3.47. The normalized spacial score (nSPS) is 13.1. The van der Waals surface area contributed by atoms with Crippen molar-refractivity contribution in [2.45, 2.75) is 32.9 Å². The Labute approximate surface area is 211 Å². The van der Waals surface area contributed by atoms with Gasteiger partial charge in [-0.3, -0.25) is 14.5 Å². The van der Waals surface area contributed by atoms with E-state index in [1.165, 1.54) is 5.56 Å². The Morgan fingerprint density at radius 1 is 0.944 bits per heavy atom. The number of rotatable bonds is 7. The molecular formula is C29H30N4O3. The molecule has 0 radical (unpaired) electrons. The van der Waals surface area contributed by atoms with E-state index >= 15 is 0 Å². The number of aromatic nitrogens is 3. The van der Waals surface area contributed by atoms with Crippen LogP contribution in [0.4, 0.5) is 0 Å². The van der Waals surface area contributed by atoms with Crippen molar-refractivity contribution in [3.63, 3.8) is 0 Å². The van der Waals surface area contributed by atoms with Crippen LogP contribution in [0.5, 0.6) is 11.5 Å². The zero-order valence-corrected chi connectivity index (χ0v) is 21.1. The van der Waals surface area contributed by atoms with Crippen LogP contribution in [0, 0.1) is 0 Å². The monoisotopic (exact) mass is 482 g/mol. The summed E-state index contributed by atoms with van der Waals surface area (Å²) in [5.41, 5.74) is 6.25. The number of hydrogen-bond acceptors (Lipinski definition) is 5. The van der Waals surface area contributed by atoms with Gasteiger partial charge in [0.25, 0.3) is 5.91 Å². The number of hydrogen-bond donors (Lipinski definition) is 0. The van der Waals surface area contributed by atoms with Crippen molar-refractivity contribution in [1.29, 1.82) is 0 Å². The number of carbonyl (C=O) groups is 1. The summed E-state index contributed by atoms with van der Waals surface area (Å²) in [7, 11) is 3.44. The van der Waals surface area contributed by atoms with Gasteiger partial charge in [-0.25, -0.2) is 0 Å². The topological polar surface area (TPSA) is 69.5 Å². The maximum atomic E-state index is 13.2. The van der Waals surface area contributed by atoms with E-state index in [9.17, 15) is 4.79 Å². The predicted octanol–water partition coefficient (Wildman–Crippen LogP) is 5.41. The number of ether oxygens (including phenoxy) is 2. The molecule has 7 nitrogen and oxygen atoms in total. The summed E-state index contributed by atoms with van der Waals surface area (Å²) in [6, 6.07) is 18.1. The van der Waals surface area contributed by atoms with Gasteiger partial charge in [-0.05, 0) is 46.9 Å². The van der Waals surface area contributed by atoms with Gasteiger partial charge in [0.2, 0.25) is 0 Å². The van der Waals surface area contributed by atoms with E-state index in [1.54, 1.807) is 24.4 Å². The van der Waals surface area contributed by atoms with Gasteiger partial charge < -0.3 is 14.4 Å². The van der Waals surface area contributed by atoms with Gasteiger partial charge in [-0.15, -0.1) is 0 Å². The lowest BCUT2D eigenvalue weighted by molar-refractivity contribution is 0.0744. The quantitative estimate of drug-likeness (QED) is 0.352. The van der Waals surface area contributed by atoms with Crippen LogP contribution in [-0.2, 0) is 13.2 Å². The average Bonchev–Trinajstić information content (AvgIpc) is 3.30. The van der Waals surface area contributed by atoms with Crippen molar-refractivity contribution < 1.29 is 14.3 Å². The number of amides is 1. The smallest absolute Gasteiger partial charge is 0.272 e. The third kappa shape index (κ3) is 4.44. The zero-order chi connectivity index (χ0) is 25.2. The molecule has 0 saturated carbocycles. The lowest BCUT2D eigenvalue weighted by Gasteiger charge is -2.24. The third-order valence-corrected chi connectivity index (χ3v) is 6.60. The molecule has 3 heterocycles. The molecule has 0 aliphatic carbocycles. The van der Waals surface area contributed by atoms with Crippen molar-refractivity contribution >= 4 is 5.91 Å². The van der Waals surface area contributed by atoms with E-state index in [1.807, 2.05) is 42.1 Å². The number of pyridine rings is 1. The summed E-state index contributed by atoms with van der Waals surface area (Å²) in [5.74, 6) is 1.69. The van der Waals surface area contributed by atoms with Crippen LogP contribution >= 0.6 is 0 Å². The van der Waals surface area contributed by atoms with Gasteiger partial charge in [0.15, 0.2) is 11.5 Å². The Morgan fingerprint density at radius 2 is 1.69 bits per heavy atom. The second-order valence-corrected chi connectivity index (χ2v) is 9.31. The molecule has 1 amide bonds. The minimum Gasteiger partial charge on any atom is -0.493 e. The molecule has 0 spiro atoms. The first-order valence-corrected chi connectivity index (χ1v) is 12.1. The fourth-order valence-corrected chi connectivity index (χ4v) is 4.46. The zero-order valence-electron chi connectivity index (χ0n) is 21.1. The fraction of sp³-hybridized carbons (Fsp3) is 0.276. The van der Waals surface area contributed by atoms with E-state index in [2.05, 4.69) is 43.1 Å². The van der Waals surface area contributed by atoms with Gasteiger partial charge in [-0.1, -0.05) is 44.2 Å². The highest BCUT2D eigenvalue weighted by Crippen LogP contribution is 2.40. The Kier molecular flexibility index (Phi) is 6.46. The van der Waals surface area contributed by atoms with Gasteiger partial charge in [0.1, 0.15) is 18.0 Å². The second kappa shape index (κ2) is 9.85. The Bertz CT molecular complexity index is 1380.